The molecule has 0 spiro atoms. The molecule has 2 aromatic carbocycles. The first-order valence-electron chi connectivity index (χ1n) is 8.67. The molecule has 2 aromatic rings. The molecule has 0 radical (unpaired) electrons. The zero-order valence-corrected chi connectivity index (χ0v) is 15.3. The highest BCUT2D eigenvalue weighted by atomic mass is 31.2. The van der Waals surface area contributed by atoms with Gasteiger partial charge in [0.1, 0.15) is 0 Å². The number of para-hydroxylation sites is 2. The Kier molecular flexibility index (Phi) is 5.11. The van der Waals surface area contributed by atoms with Crippen LogP contribution in [0.5, 0.6) is 0 Å². The van der Waals surface area contributed by atoms with E-state index in [1.165, 1.54) is 0 Å². The molecule has 3 rings (SSSR count). The highest BCUT2D eigenvalue weighted by molar-refractivity contribution is 7.71. The molecule has 1 aliphatic heterocycles. The van der Waals surface area contributed by atoms with E-state index in [2.05, 4.69) is 53.5 Å². The third-order valence-electron chi connectivity index (χ3n) is 4.46. The average Bonchev–Trinajstić information content (AvgIpc) is 2.99. The van der Waals surface area contributed by atoms with Gasteiger partial charge >= 0.3 is 0 Å². The van der Waals surface area contributed by atoms with Crippen molar-refractivity contribution in [3.05, 3.63) is 72.1 Å². The van der Waals surface area contributed by atoms with Crippen molar-refractivity contribution < 1.29 is 4.57 Å². The lowest BCUT2D eigenvalue weighted by Crippen LogP contribution is -2.20. The number of anilines is 2. The van der Waals surface area contributed by atoms with Crippen molar-refractivity contribution >= 4 is 18.8 Å². The summed E-state index contributed by atoms with van der Waals surface area (Å²) in [6, 6.07) is 20.3. The predicted molar refractivity (Wildman–Crippen MR) is 104 cm³/mol. The van der Waals surface area contributed by atoms with E-state index in [1.807, 2.05) is 36.4 Å². The van der Waals surface area contributed by atoms with Crippen LogP contribution in [0.15, 0.2) is 72.1 Å². The zero-order chi connectivity index (χ0) is 17.0. The van der Waals surface area contributed by atoms with Crippen LogP contribution < -0.4 is 9.34 Å². The van der Waals surface area contributed by atoms with Crippen molar-refractivity contribution in [1.82, 2.24) is 0 Å². The molecule has 0 bridgehead atoms. The smallest absolute Gasteiger partial charge is 0.288 e. The van der Waals surface area contributed by atoms with Gasteiger partial charge in [-0.3, -0.25) is 4.57 Å². The maximum absolute atomic E-state index is 14.4. The first kappa shape index (κ1) is 16.9. The summed E-state index contributed by atoms with van der Waals surface area (Å²) in [5.41, 5.74) is 2.07. The Labute approximate surface area is 145 Å². The number of hydrogen-bond acceptors (Lipinski definition) is 1. The van der Waals surface area contributed by atoms with Crippen LogP contribution >= 0.6 is 7.44 Å². The van der Waals surface area contributed by atoms with Gasteiger partial charge in [0.05, 0.1) is 0 Å². The molecule has 0 saturated carbocycles. The van der Waals surface area contributed by atoms with E-state index in [9.17, 15) is 4.57 Å². The molecular weight excluding hydrogens is 315 g/mol. The molecule has 0 N–H and O–H groups in total. The highest BCUT2D eigenvalue weighted by Crippen LogP contribution is 2.66. The first-order chi connectivity index (χ1) is 11.7. The van der Waals surface area contributed by atoms with Crippen molar-refractivity contribution in [3.8, 4) is 0 Å². The highest BCUT2D eigenvalue weighted by Gasteiger charge is 2.45. The van der Waals surface area contributed by atoms with Crippen molar-refractivity contribution in [2.45, 2.75) is 26.7 Å². The lowest BCUT2D eigenvalue weighted by atomic mass is 10.3. The van der Waals surface area contributed by atoms with Gasteiger partial charge in [-0.25, -0.2) is 0 Å². The second-order valence-corrected chi connectivity index (χ2v) is 8.55. The number of rotatable bonds is 5. The Morgan fingerprint density at radius 1 is 0.917 bits per heavy atom. The van der Waals surface area contributed by atoms with Crippen molar-refractivity contribution in [1.29, 1.82) is 0 Å². The minimum atomic E-state index is -2.83. The minimum absolute atomic E-state index is 0.775. The van der Waals surface area contributed by atoms with Gasteiger partial charge in [-0.15, -0.1) is 0 Å². The lowest BCUT2D eigenvalue weighted by Gasteiger charge is -2.34. The monoisotopic (exact) mass is 340 g/mol. The van der Waals surface area contributed by atoms with Crippen molar-refractivity contribution in [3.63, 3.8) is 0 Å². The first-order valence-corrected chi connectivity index (χ1v) is 10.3. The molecule has 1 heterocycles. The van der Waals surface area contributed by atoms with Crippen LogP contribution in [-0.2, 0) is 4.57 Å². The van der Waals surface area contributed by atoms with Crippen LogP contribution in [0.2, 0.25) is 0 Å². The molecule has 24 heavy (non-hydrogen) atoms. The largest absolute Gasteiger partial charge is 0.302 e. The van der Waals surface area contributed by atoms with Crippen LogP contribution in [0.25, 0.3) is 0 Å². The maximum atomic E-state index is 14.4. The normalized spacial score (nSPS) is 17.3. The van der Waals surface area contributed by atoms with E-state index in [0.29, 0.717) is 0 Å². The summed E-state index contributed by atoms with van der Waals surface area (Å²) in [7, 11) is -2.83. The zero-order valence-electron chi connectivity index (χ0n) is 14.4. The fraction of sp³-hybridized carbons (Fsp3) is 0.300. The van der Waals surface area contributed by atoms with E-state index >= 15 is 0 Å². The van der Waals surface area contributed by atoms with E-state index in [-0.39, 0.29) is 0 Å². The second-order valence-electron chi connectivity index (χ2n) is 5.92. The van der Waals surface area contributed by atoms with Gasteiger partial charge in [-0.05, 0) is 37.1 Å². The molecule has 0 aromatic heterocycles. The Balaban J connectivity index is 2.12. The molecular formula is C20H25N2OP. The Hall–Kier alpha value is -1.99. The van der Waals surface area contributed by atoms with Crippen LogP contribution in [-0.4, -0.2) is 13.1 Å². The fourth-order valence-electron chi connectivity index (χ4n) is 3.38. The van der Waals surface area contributed by atoms with Gasteiger partial charge in [0, 0.05) is 29.8 Å². The summed E-state index contributed by atoms with van der Waals surface area (Å²) in [6.45, 7) is 5.76. The Morgan fingerprint density at radius 2 is 1.38 bits per heavy atom. The summed E-state index contributed by atoms with van der Waals surface area (Å²) in [5, 5.41) is 1.05. The molecule has 4 heteroatoms. The third kappa shape index (κ3) is 2.89. The molecule has 0 unspecified atom stereocenters. The van der Waals surface area contributed by atoms with Gasteiger partial charge < -0.3 is 9.34 Å². The van der Waals surface area contributed by atoms with Gasteiger partial charge in [0.25, 0.3) is 7.44 Å². The van der Waals surface area contributed by atoms with E-state index < -0.39 is 7.44 Å². The summed E-state index contributed by atoms with van der Waals surface area (Å²) in [6.07, 6.45) is 3.86. The number of hydrogen-bond donors (Lipinski definition) is 0. The van der Waals surface area contributed by atoms with Gasteiger partial charge in [0.2, 0.25) is 0 Å². The minimum Gasteiger partial charge on any atom is -0.302 e. The Bertz CT molecular complexity index is 691. The van der Waals surface area contributed by atoms with E-state index in [1.54, 1.807) is 0 Å². The van der Waals surface area contributed by atoms with Crippen LogP contribution in [0, 0.1) is 0 Å². The van der Waals surface area contributed by atoms with E-state index in [0.717, 1.165) is 42.6 Å². The van der Waals surface area contributed by atoms with E-state index in [4.69, 9.17) is 0 Å². The van der Waals surface area contributed by atoms with Gasteiger partial charge in [-0.1, -0.05) is 56.3 Å². The number of nitrogens with zero attached hydrogens (tertiary/aromatic N) is 2. The second kappa shape index (κ2) is 7.27. The standard InChI is InChI=1S/C20H25N2OP/c1-3-11-20(4-2)24(23)21(18-12-7-5-8-13-18)16-17-22(24)19-14-9-6-10-15-19/h5-15H,3-4,16-17H2,1-2H3/b20-11+. The molecule has 1 saturated heterocycles. The molecule has 0 atom stereocenters. The van der Waals surface area contributed by atoms with Gasteiger partial charge in [0.15, 0.2) is 0 Å². The summed E-state index contributed by atoms with van der Waals surface area (Å²) >= 11 is 0. The SMILES string of the molecule is CC/C=C(\CC)P1(=O)N(c2ccccc2)CCN1c1ccccc1. The maximum Gasteiger partial charge on any atom is 0.288 e. The number of allylic oxidation sites excluding steroid dienone is 2. The van der Waals surface area contributed by atoms with Gasteiger partial charge in [-0.2, -0.15) is 0 Å². The van der Waals surface area contributed by atoms with Crippen LogP contribution in [0.1, 0.15) is 26.7 Å². The average molecular weight is 340 g/mol. The summed E-state index contributed by atoms with van der Waals surface area (Å²) in [4.78, 5) is 0. The van der Waals surface area contributed by atoms with Crippen molar-refractivity contribution in [2.24, 2.45) is 0 Å². The molecule has 126 valence electrons. The van der Waals surface area contributed by atoms with Crippen LogP contribution in [0.4, 0.5) is 11.4 Å². The summed E-state index contributed by atoms with van der Waals surface area (Å²) < 4.78 is 18.6. The van der Waals surface area contributed by atoms with Crippen LogP contribution in [0.3, 0.4) is 0 Å². The topological polar surface area (TPSA) is 23.6 Å². The molecule has 0 aliphatic carbocycles. The lowest BCUT2D eigenvalue weighted by molar-refractivity contribution is 0.578. The molecule has 1 fully saturated rings. The third-order valence-corrected chi connectivity index (χ3v) is 7.88. The molecule has 1 aliphatic rings. The quantitative estimate of drug-likeness (QED) is 0.632. The Morgan fingerprint density at radius 3 is 1.75 bits per heavy atom. The molecule has 3 nitrogen and oxygen atoms in total. The predicted octanol–water partition coefficient (Wildman–Crippen LogP) is 5.91. The van der Waals surface area contributed by atoms with Crippen molar-refractivity contribution in [2.75, 3.05) is 22.4 Å². The molecule has 0 amide bonds. The summed E-state index contributed by atoms with van der Waals surface area (Å²) in [5.74, 6) is 0. The number of benzene rings is 2. The fourth-order valence-corrected chi connectivity index (χ4v) is 6.70.